The first-order chi connectivity index (χ1) is 11.7. The Kier molecular flexibility index (Phi) is 5.37. The summed E-state index contributed by atoms with van der Waals surface area (Å²) in [5.74, 6) is 0.239. The first kappa shape index (κ1) is 16.8. The van der Waals surface area contributed by atoms with Crippen molar-refractivity contribution in [3.8, 4) is 0 Å². The smallest absolute Gasteiger partial charge is 0.234 e. The molecule has 3 rings (SSSR count). The Balaban J connectivity index is 1.72. The van der Waals surface area contributed by atoms with Gasteiger partial charge >= 0.3 is 0 Å². The van der Waals surface area contributed by atoms with Crippen molar-refractivity contribution >= 4 is 50.3 Å². The molecule has 24 heavy (non-hydrogen) atoms. The van der Waals surface area contributed by atoms with E-state index in [1.807, 2.05) is 54.6 Å². The number of nitrogens with zero attached hydrogens (tertiary/aromatic N) is 2. The molecule has 0 fully saturated rings. The Hall–Kier alpha value is -2.05. The Morgan fingerprint density at radius 1 is 1.29 bits per heavy atom. The average Bonchev–Trinajstić information content (AvgIpc) is 2.91. The number of fused-ring (bicyclic) bond motifs is 1. The van der Waals surface area contributed by atoms with Gasteiger partial charge in [0.25, 0.3) is 0 Å². The molecule has 1 heterocycles. The van der Waals surface area contributed by atoms with Crippen molar-refractivity contribution in [3.05, 3.63) is 65.7 Å². The number of imidazole rings is 1. The summed E-state index contributed by atoms with van der Waals surface area (Å²) in [7, 11) is 0. The molecular formula is C18H16BrN3OS. The average molecular weight is 402 g/mol. The molecular weight excluding hydrogens is 386 g/mol. The lowest BCUT2D eigenvalue weighted by Gasteiger charge is -2.07. The van der Waals surface area contributed by atoms with Gasteiger partial charge in [-0.25, -0.2) is 4.98 Å². The Bertz CT molecular complexity index is 891. The molecule has 0 atom stereocenters. The molecule has 0 aliphatic heterocycles. The monoisotopic (exact) mass is 401 g/mol. The molecule has 0 spiro atoms. The van der Waals surface area contributed by atoms with Gasteiger partial charge in [0.2, 0.25) is 5.91 Å². The molecule has 0 aliphatic rings. The first-order valence-corrected chi connectivity index (χ1v) is 9.19. The summed E-state index contributed by atoms with van der Waals surface area (Å²) < 4.78 is 3.00. The Morgan fingerprint density at radius 3 is 2.92 bits per heavy atom. The fourth-order valence-electron chi connectivity index (χ4n) is 2.36. The molecule has 6 heteroatoms. The molecule has 0 saturated heterocycles. The summed E-state index contributed by atoms with van der Waals surface area (Å²) in [5, 5.41) is 3.71. The summed E-state index contributed by atoms with van der Waals surface area (Å²) in [5.41, 5.74) is 2.75. The number of thioether (sulfide) groups is 1. The number of allylic oxidation sites excluding steroid dienone is 1. The summed E-state index contributed by atoms with van der Waals surface area (Å²) in [6.45, 7) is 4.46. The molecule has 0 aliphatic carbocycles. The third-order valence-corrected chi connectivity index (χ3v) is 4.84. The molecule has 3 aromatic rings. The first-order valence-electron chi connectivity index (χ1n) is 7.42. The maximum Gasteiger partial charge on any atom is 0.234 e. The second-order valence-corrected chi connectivity index (χ2v) is 6.99. The highest BCUT2D eigenvalue weighted by atomic mass is 79.9. The zero-order valence-electron chi connectivity index (χ0n) is 12.9. The topological polar surface area (TPSA) is 46.9 Å². The van der Waals surface area contributed by atoms with Crippen LogP contribution in [0.25, 0.3) is 11.0 Å². The van der Waals surface area contributed by atoms with Gasteiger partial charge in [0, 0.05) is 16.7 Å². The van der Waals surface area contributed by atoms with E-state index in [9.17, 15) is 4.79 Å². The molecule has 0 radical (unpaired) electrons. The van der Waals surface area contributed by atoms with Gasteiger partial charge in [-0.1, -0.05) is 52.0 Å². The van der Waals surface area contributed by atoms with E-state index < -0.39 is 0 Å². The zero-order valence-corrected chi connectivity index (χ0v) is 15.3. The van der Waals surface area contributed by atoms with Crippen molar-refractivity contribution in [1.29, 1.82) is 0 Å². The zero-order chi connectivity index (χ0) is 16.9. The van der Waals surface area contributed by atoms with Crippen LogP contribution in [0.5, 0.6) is 0 Å². The standard InChI is InChI=1S/C18H16BrN3OS/c1-2-10-22-16-9-4-3-8-15(16)21-18(22)24-12-17(23)20-14-7-5-6-13(19)11-14/h2-9,11H,1,10,12H2,(H,20,23). The van der Waals surface area contributed by atoms with Crippen LogP contribution in [-0.2, 0) is 11.3 Å². The second kappa shape index (κ2) is 7.68. The number of anilines is 1. The number of nitrogens with one attached hydrogen (secondary N) is 1. The van der Waals surface area contributed by atoms with E-state index in [0.717, 1.165) is 26.3 Å². The second-order valence-electron chi connectivity index (χ2n) is 5.13. The van der Waals surface area contributed by atoms with Crippen LogP contribution in [0.15, 0.2) is 70.8 Å². The van der Waals surface area contributed by atoms with Gasteiger partial charge in [0.05, 0.1) is 16.8 Å². The molecule has 2 aromatic carbocycles. The number of halogens is 1. The third kappa shape index (κ3) is 3.88. The maximum atomic E-state index is 12.2. The quantitative estimate of drug-likeness (QED) is 0.480. The minimum absolute atomic E-state index is 0.0599. The van der Waals surface area contributed by atoms with Crippen molar-refractivity contribution < 1.29 is 4.79 Å². The lowest BCUT2D eigenvalue weighted by Crippen LogP contribution is -2.14. The molecule has 122 valence electrons. The number of carbonyl (C=O) groups excluding carboxylic acids is 1. The summed E-state index contributed by atoms with van der Waals surface area (Å²) >= 11 is 4.82. The van der Waals surface area contributed by atoms with E-state index in [1.165, 1.54) is 11.8 Å². The van der Waals surface area contributed by atoms with Crippen LogP contribution in [0.2, 0.25) is 0 Å². The summed E-state index contributed by atoms with van der Waals surface area (Å²) in [6.07, 6.45) is 1.83. The summed E-state index contributed by atoms with van der Waals surface area (Å²) in [6, 6.07) is 15.5. The van der Waals surface area contributed by atoms with Gasteiger partial charge < -0.3 is 9.88 Å². The fraction of sp³-hybridized carbons (Fsp3) is 0.111. The van der Waals surface area contributed by atoms with Crippen LogP contribution in [0, 0.1) is 0 Å². The van der Waals surface area contributed by atoms with Crippen molar-refractivity contribution in [2.45, 2.75) is 11.7 Å². The predicted molar refractivity (Wildman–Crippen MR) is 103 cm³/mol. The fourth-order valence-corrected chi connectivity index (χ4v) is 3.59. The maximum absolute atomic E-state index is 12.2. The Morgan fingerprint density at radius 2 is 2.12 bits per heavy atom. The van der Waals surface area contributed by atoms with Crippen molar-refractivity contribution in [2.75, 3.05) is 11.1 Å². The van der Waals surface area contributed by atoms with Crippen LogP contribution < -0.4 is 5.32 Å². The van der Waals surface area contributed by atoms with E-state index in [4.69, 9.17) is 0 Å². The number of hydrogen-bond acceptors (Lipinski definition) is 3. The molecule has 1 N–H and O–H groups in total. The van der Waals surface area contributed by atoms with E-state index in [1.54, 1.807) is 0 Å². The Labute approximate surface area is 153 Å². The third-order valence-electron chi connectivity index (χ3n) is 3.37. The minimum atomic E-state index is -0.0599. The van der Waals surface area contributed by atoms with Gasteiger partial charge in [-0.05, 0) is 30.3 Å². The number of hydrogen-bond donors (Lipinski definition) is 1. The van der Waals surface area contributed by atoms with E-state index in [-0.39, 0.29) is 5.91 Å². The van der Waals surface area contributed by atoms with Crippen molar-refractivity contribution in [2.24, 2.45) is 0 Å². The number of amides is 1. The number of rotatable bonds is 6. The van der Waals surface area contributed by atoms with Crippen LogP contribution in [0.4, 0.5) is 5.69 Å². The highest BCUT2D eigenvalue weighted by Crippen LogP contribution is 2.24. The van der Waals surface area contributed by atoms with Gasteiger partial charge in [-0.2, -0.15) is 0 Å². The number of para-hydroxylation sites is 2. The lowest BCUT2D eigenvalue weighted by molar-refractivity contribution is -0.113. The number of benzene rings is 2. The number of aromatic nitrogens is 2. The predicted octanol–water partition coefficient (Wildman–Crippen LogP) is 4.72. The van der Waals surface area contributed by atoms with Crippen LogP contribution in [-0.4, -0.2) is 21.2 Å². The normalized spacial score (nSPS) is 10.7. The minimum Gasteiger partial charge on any atom is -0.325 e. The molecule has 0 unspecified atom stereocenters. The largest absolute Gasteiger partial charge is 0.325 e. The van der Waals surface area contributed by atoms with Gasteiger partial charge in [0.1, 0.15) is 0 Å². The van der Waals surface area contributed by atoms with Gasteiger partial charge in [-0.15, -0.1) is 6.58 Å². The number of carbonyl (C=O) groups is 1. The van der Waals surface area contributed by atoms with Crippen LogP contribution in [0.1, 0.15) is 0 Å². The molecule has 1 aromatic heterocycles. The van der Waals surface area contributed by atoms with E-state index >= 15 is 0 Å². The van der Waals surface area contributed by atoms with E-state index in [2.05, 4.69) is 37.4 Å². The molecule has 0 bridgehead atoms. The van der Waals surface area contributed by atoms with Crippen molar-refractivity contribution in [1.82, 2.24) is 9.55 Å². The van der Waals surface area contributed by atoms with Crippen molar-refractivity contribution in [3.63, 3.8) is 0 Å². The molecule has 1 amide bonds. The molecule has 4 nitrogen and oxygen atoms in total. The lowest BCUT2D eigenvalue weighted by atomic mass is 10.3. The SMILES string of the molecule is C=CCn1c(SCC(=O)Nc2cccc(Br)c2)nc2ccccc21. The van der Waals surface area contributed by atoms with Gasteiger partial charge in [0.15, 0.2) is 5.16 Å². The highest BCUT2D eigenvalue weighted by Gasteiger charge is 2.12. The van der Waals surface area contributed by atoms with Gasteiger partial charge in [-0.3, -0.25) is 4.79 Å². The van der Waals surface area contributed by atoms with Crippen LogP contribution >= 0.6 is 27.7 Å². The highest BCUT2D eigenvalue weighted by molar-refractivity contribution is 9.10. The van der Waals surface area contributed by atoms with E-state index in [0.29, 0.717) is 12.3 Å². The molecule has 0 saturated carbocycles. The van der Waals surface area contributed by atoms with Crippen LogP contribution in [0.3, 0.4) is 0 Å². The summed E-state index contributed by atoms with van der Waals surface area (Å²) in [4.78, 5) is 16.8.